The molecule has 0 aliphatic rings. The normalized spacial score (nSPS) is 11.0. The van der Waals surface area contributed by atoms with Gasteiger partial charge < -0.3 is 5.32 Å². The van der Waals surface area contributed by atoms with E-state index in [9.17, 15) is 9.18 Å². The summed E-state index contributed by atoms with van der Waals surface area (Å²) in [4.78, 5) is 20.9. The van der Waals surface area contributed by atoms with Gasteiger partial charge in [0.15, 0.2) is 0 Å². The first kappa shape index (κ1) is 16.1. The fraction of sp³-hybridized carbons (Fsp3) is 0.0952. The molecule has 1 amide bonds. The molecule has 2 heterocycles. The van der Waals surface area contributed by atoms with Gasteiger partial charge >= 0.3 is 0 Å². The molecule has 128 valence electrons. The number of hydrogen-bond donors (Lipinski definition) is 1. The highest BCUT2D eigenvalue weighted by atomic mass is 19.1. The summed E-state index contributed by atoms with van der Waals surface area (Å²) in [6.07, 6.45) is 2.33. The minimum atomic E-state index is -0.372. The van der Waals surface area contributed by atoms with Gasteiger partial charge in [0.1, 0.15) is 11.3 Å². The van der Waals surface area contributed by atoms with Crippen molar-refractivity contribution in [2.45, 2.75) is 12.8 Å². The molecule has 2 aromatic heterocycles. The molecule has 26 heavy (non-hydrogen) atoms. The van der Waals surface area contributed by atoms with E-state index in [4.69, 9.17) is 0 Å². The van der Waals surface area contributed by atoms with Crippen molar-refractivity contribution in [2.75, 3.05) is 5.32 Å². The first-order valence-corrected chi connectivity index (χ1v) is 8.38. The van der Waals surface area contributed by atoms with Crippen LogP contribution in [0.2, 0.25) is 0 Å². The van der Waals surface area contributed by atoms with Gasteiger partial charge in [0.2, 0.25) is 5.91 Å². The van der Waals surface area contributed by atoms with Crippen LogP contribution >= 0.6 is 0 Å². The molecule has 0 spiro atoms. The van der Waals surface area contributed by atoms with E-state index in [0.717, 1.165) is 16.6 Å². The third kappa shape index (κ3) is 3.37. The van der Waals surface area contributed by atoms with Crippen molar-refractivity contribution < 1.29 is 9.18 Å². The van der Waals surface area contributed by atoms with Gasteiger partial charge in [0, 0.05) is 22.9 Å². The molecule has 0 fully saturated rings. The van der Waals surface area contributed by atoms with Gasteiger partial charge in [-0.1, -0.05) is 36.4 Å². The largest absolute Gasteiger partial charge is 0.325 e. The predicted octanol–water partition coefficient (Wildman–Crippen LogP) is 4.49. The van der Waals surface area contributed by atoms with Crippen LogP contribution in [-0.4, -0.2) is 15.9 Å². The number of nitrogens with zero attached hydrogens (tertiary/aromatic N) is 2. The van der Waals surface area contributed by atoms with Crippen LogP contribution in [0.5, 0.6) is 0 Å². The lowest BCUT2D eigenvalue weighted by molar-refractivity contribution is -0.116. The molecule has 5 heteroatoms. The third-order valence-electron chi connectivity index (χ3n) is 4.21. The molecule has 4 nitrogen and oxygen atoms in total. The summed E-state index contributed by atoms with van der Waals surface area (Å²) >= 11 is 0. The summed E-state index contributed by atoms with van der Waals surface area (Å²) in [5.41, 5.74) is 2.65. The van der Waals surface area contributed by atoms with E-state index in [-0.39, 0.29) is 11.7 Å². The van der Waals surface area contributed by atoms with Crippen molar-refractivity contribution in [1.82, 2.24) is 9.97 Å². The van der Waals surface area contributed by atoms with Crippen LogP contribution in [0.3, 0.4) is 0 Å². The number of halogens is 1. The van der Waals surface area contributed by atoms with Crippen LogP contribution < -0.4 is 5.32 Å². The molecule has 4 rings (SSSR count). The Kier molecular flexibility index (Phi) is 4.27. The Balaban J connectivity index is 1.43. The molecule has 1 N–H and O–H groups in total. The van der Waals surface area contributed by atoms with Crippen molar-refractivity contribution in [2.24, 2.45) is 0 Å². The molecule has 4 aromatic rings. The maximum absolute atomic E-state index is 13.6. The zero-order chi connectivity index (χ0) is 17.9. The summed E-state index contributed by atoms with van der Waals surface area (Å²) in [7, 11) is 0. The number of para-hydroxylation sites is 2. The Hall–Kier alpha value is -3.34. The lowest BCUT2D eigenvalue weighted by Gasteiger charge is -2.07. The van der Waals surface area contributed by atoms with Gasteiger partial charge in [-0.15, -0.1) is 0 Å². The molecule has 0 unspecified atom stereocenters. The minimum absolute atomic E-state index is 0.127. The van der Waals surface area contributed by atoms with E-state index in [2.05, 4.69) is 15.3 Å². The molecule has 0 radical (unpaired) electrons. The third-order valence-corrected chi connectivity index (χ3v) is 4.21. The highest BCUT2D eigenvalue weighted by Gasteiger charge is 2.07. The molecule has 0 bridgehead atoms. The number of hydrogen-bond acceptors (Lipinski definition) is 3. The van der Waals surface area contributed by atoms with E-state index < -0.39 is 0 Å². The van der Waals surface area contributed by atoms with E-state index >= 15 is 0 Å². The molecule has 0 aliphatic carbocycles. The van der Waals surface area contributed by atoms with E-state index in [0.29, 0.717) is 29.4 Å². The average Bonchev–Trinajstić information content (AvgIpc) is 2.66. The Bertz CT molecular complexity index is 1110. The maximum Gasteiger partial charge on any atom is 0.224 e. The number of amides is 1. The highest BCUT2D eigenvalue weighted by molar-refractivity contribution is 5.93. The summed E-state index contributed by atoms with van der Waals surface area (Å²) in [6, 6.07) is 18.3. The Morgan fingerprint density at radius 1 is 1.00 bits per heavy atom. The van der Waals surface area contributed by atoms with E-state index in [1.807, 2.05) is 36.4 Å². The SMILES string of the molecule is O=C(CCc1ccc2ccccc2n1)Nc1cnc2c(F)cccc2c1. The molecule has 0 atom stereocenters. The van der Waals surface area contributed by atoms with Crippen LogP contribution in [0, 0.1) is 5.82 Å². The smallest absolute Gasteiger partial charge is 0.224 e. The summed E-state index contributed by atoms with van der Waals surface area (Å²) < 4.78 is 13.6. The number of carbonyl (C=O) groups excluding carboxylic acids is 1. The Morgan fingerprint density at radius 2 is 1.85 bits per heavy atom. The summed E-state index contributed by atoms with van der Waals surface area (Å²) in [5.74, 6) is -0.500. The number of benzene rings is 2. The van der Waals surface area contributed by atoms with Crippen LogP contribution in [0.1, 0.15) is 12.1 Å². The average molecular weight is 345 g/mol. The lowest BCUT2D eigenvalue weighted by Crippen LogP contribution is -2.13. The number of carbonyl (C=O) groups is 1. The molecular weight excluding hydrogens is 329 g/mol. The second-order valence-corrected chi connectivity index (χ2v) is 6.08. The van der Waals surface area contributed by atoms with E-state index in [1.54, 1.807) is 18.2 Å². The van der Waals surface area contributed by atoms with Crippen LogP contribution in [-0.2, 0) is 11.2 Å². The number of rotatable bonds is 4. The van der Waals surface area contributed by atoms with Crippen LogP contribution in [0.15, 0.2) is 66.9 Å². The van der Waals surface area contributed by atoms with Crippen LogP contribution in [0.4, 0.5) is 10.1 Å². The highest BCUT2D eigenvalue weighted by Crippen LogP contribution is 2.19. The first-order chi connectivity index (χ1) is 12.7. The summed E-state index contributed by atoms with van der Waals surface area (Å²) in [5, 5.41) is 4.54. The van der Waals surface area contributed by atoms with Crippen LogP contribution in [0.25, 0.3) is 21.8 Å². The number of fused-ring (bicyclic) bond motifs is 2. The topological polar surface area (TPSA) is 54.9 Å². The van der Waals surface area contributed by atoms with Crippen molar-refractivity contribution >= 4 is 33.4 Å². The number of aromatic nitrogens is 2. The number of aryl methyl sites for hydroxylation is 1. The van der Waals surface area contributed by atoms with Gasteiger partial charge in [-0.25, -0.2) is 4.39 Å². The predicted molar refractivity (Wildman–Crippen MR) is 100 cm³/mol. The van der Waals surface area contributed by atoms with Crippen molar-refractivity contribution in [3.63, 3.8) is 0 Å². The second-order valence-electron chi connectivity index (χ2n) is 6.08. The molecule has 2 aromatic carbocycles. The quantitative estimate of drug-likeness (QED) is 0.593. The zero-order valence-electron chi connectivity index (χ0n) is 13.9. The maximum atomic E-state index is 13.6. The Labute approximate surface area is 149 Å². The van der Waals surface area contributed by atoms with Gasteiger partial charge in [0.25, 0.3) is 0 Å². The fourth-order valence-corrected chi connectivity index (χ4v) is 2.90. The minimum Gasteiger partial charge on any atom is -0.325 e. The van der Waals surface area contributed by atoms with Gasteiger partial charge in [-0.3, -0.25) is 14.8 Å². The monoisotopic (exact) mass is 345 g/mol. The number of pyridine rings is 2. The second kappa shape index (κ2) is 6.88. The Morgan fingerprint density at radius 3 is 2.77 bits per heavy atom. The standard InChI is InChI=1S/C21H16FN3O/c22-18-6-3-5-15-12-17(13-23-21(15)18)25-20(26)11-10-16-9-8-14-4-1-2-7-19(14)24-16/h1-9,12-13H,10-11H2,(H,25,26). The molecule has 0 saturated carbocycles. The fourth-order valence-electron chi connectivity index (χ4n) is 2.90. The van der Waals surface area contributed by atoms with E-state index in [1.165, 1.54) is 12.3 Å². The zero-order valence-corrected chi connectivity index (χ0v) is 13.9. The first-order valence-electron chi connectivity index (χ1n) is 8.38. The molecule has 0 aliphatic heterocycles. The number of nitrogens with one attached hydrogen (secondary N) is 1. The summed E-state index contributed by atoms with van der Waals surface area (Å²) in [6.45, 7) is 0. The van der Waals surface area contributed by atoms with Crippen molar-refractivity contribution in [3.05, 3.63) is 78.4 Å². The number of anilines is 1. The van der Waals surface area contributed by atoms with Crippen molar-refractivity contribution in [1.29, 1.82) is 0 Å². The van der Waals surface area contributed by atoms with Gasteiger partial charge in [0.05, 0.1) is 17.4 Å². The molecule has 0 saturated heterocycles. The lowest BCUT2D eigenvalue weighted by atomic mass is 10.1. The van der Waals surface area contributed by atoms with Crippen molar-refractivity contribution in [3.8, 4) is 0 Å². The molecular formula is C21H16FN3O. The van der Waals surface area contributed by atoms with Gasteiger partial charge in [-0.05, 0) is 30.7 Å². The van der Waals surface area contributed by atoms with Gasteiger partial charge in [-0.2, -0.15) is 0 Å².